The van der Waals surface area contributed by atoms with E-state index in [2.05, 4.69) is 21.2 Å². The number of hydrogen-bond donors (Lipinski definition) is 2. The second-order valence-electron chi connectivity index (χ2n) is 4.63. The van der Waals surface area contributed by atoms with Gasteiger partial charge in [-0.15, -0.1) is 0 Å². The molecule has 94 valence electrons. The first-order valence-corrected chi connectivity index (χ1v) is 5.99. The van der Waals surface area contributed by atoms with E-state index in [9.17, 15) is 9.18 Å². The number of amides is 1. The van der Waals surface area contributed by atoms with E-state index in [0.29, 0.717) is 12.1 Å². The van der Waals surface area contributed by atoms with Crippen molar-refractivity contribution in [2.45, 2.75) is 13.8 Å². The summed E-state index contributed by atoms with van der Waals surface area (Å²) >= 11 is 3.02. The predicted octanol–water partition coefficient (Wildman–Crippen LogP) is 2.34. The van der Waals surface area contributed by atoms with Crippen LogP contribution < -0.4 is 5.32 Å². The highest BCUT2D eigenvalue weighted by molar-refractivity contribution is 9.10. The minimum absolute atomic E-state index is 0.0135. The number of nitrogens with one attached hydrogen (secondary N) is 1. The van der Waals surface area contributed by atoms with Gasteiger partial charge in [0.2, 0.25) is 0 Å². The average molecular weight is 304 g/mol. The van der Waals surface area contributed by atoms with Crippen molar-refractivity contribution in [1.82, 2.24) is 5.32 Å². The zero-order valence-corrected chi connectivity index (χ0v) is 11.3. The van der Waals surface area contributed by atoms with Gasteiger partial charge >= 0.3 is 0 Å². The standard InChI is InChI=1S/C12H15BrFNO2/c1-12(2,7-16)6-15-11(17)8-3-4-10(14)9(13)5-8/h3-5,16H,6-7H2,1-2H3,(H,15,17). The van der Waals surface area contributed by atoms with E-state index in [0.717, 1.165) is 0 Å². The molecule has 2 N–H and O–H groups in total. The van der Waals surface area contributed by atoms with E-state index in [1.165, 1.54) is 18.2 Å². The van der Waals surface area contributed by atoms with Crippen molar-refractivity contribution >= 4 is 21.8 Å². The van der Waals surface area contributed by atoms with Crippen molar-refractivity contribution in [2.24, 2.45) is 5.41 Å². The maximum Gasteiger partial charge on any atom is 0.251 e. The third-order valence-corrected chi connectivity index (χ3v) is 2.95. The molecule has 0 radical (unpaired) electrons. The predicted molar refractivity (Wildman–Crippen MR) is 67.3 cm³/mol. The number of rotatable bonds is 4. The topological polar surface area (TPSA) is 49.3 Å². The molecule has 0 aliphatic carbocycles. The lowest BCUT2D eigenvalue weighted by Gasteiger charge is -2.21. The van der Waals surface area contributed by atoms with Crippen molar-refractivity contribution in [3.63, 3.8) is 0 Å². The lowest BCUT2D eigenvalue weighted by molar-refractivity contribution is 0.0911. The highest BCUT2D eigenvalue weighted by Crippen LogP contribution is 2.17. The van der Waals surface area contributed by atoms with Gasteiger partial charge in [-0.3, -0.25) is 4.79 Å². The van der Waals surface area contributed by atoms with Gasteiger partial charge in [0, 0.05) is 24.1 Å². The van der Waals surface area contributed by atoms with Crippen molar-refractivity contribution in [1.29, 1.82) is 0 Å². The number of carbonyl (C=O) groups is 1. The Bertz CT molecular complexity index is 421. The second kappa shape index (κ2) is 5.60. The van der Waals surface area contributed by atoms with Gasteiger partial charge in [-0.2, -0.15) is 0 Å². The van der Waals surface area contributed by atoms with Crippen molar-refractivity contribution in [3.05, 3.63) is 34.1 Å². The van der Waals surface area contributed by atoms with Crippen LogP contribution in [-0.4, -0.2) is 24.2 Å². The molecule has 0 aliphatic rings. The Labute approximate surface area is 108 Å². The summed E-state index contributed by atoms with van der Waals surface area (Å²) in [5.41, 5.74) is 0.0134. The third kappa shape index (κ3) is 4.09. The molecule has 0 fully saturated rings. The summed E-state index contributed by atoms with van der Waals surface area (Å²) in [5.74, 6) is -0.690. The summed E-state index contributed by atoms with van der Waals surface area (Å²) in [5, 5.41) is 11.7. The molecule has 17 heavy (non-hydrogen) atoms. The molecule has 0 unspecified atom stereocenters. The molecular formula is C12H15BrFNO2. The normalized spacial score (nSPS) is 11.4. The summed E-state index contributed by atoms with van der Waals surface area (Å²) in [6.45, 7) is 4.03. The summed E-state index contributed by atoms with van der Waals surface area (Å²) in [4.78, 5) is 11.7. The van der Waals surface area contributed by atoms with Crippen LogP contribution in [0, 0.1) is 11.2 Å². The van der Waals surface area contributed by atoms with Crippen LogP contribution in [0.15, 0.2) is 22.7 Å². The molecule has 0 aromatic heterocycles. The molecule has 1 amide bonds. The van der Waals surface area contributed by atoms with Crippen molar-refractivity contribution in [3.8, 4) is 0 Å². The summed E-state index contributed by atoms with van der Waals surface area (Å²) in [7, 11) is 0. The maximum atomic E-state index is 13.0. The highest BCUT2D eigenvalue weighted by Gasteiger charge is 2.18. The largest absolute Gasteiger partial charge is 0.396 e. The van der Waals surface area contributed by atoms with Gasteiger partial charge in [-0.25, -0.2) is 4.39 Å². The number of carbonyl (C=O) groups excluding carboxylic acids is 1. The fraction of sp³-hybridized carbons (Fsp3) is 0.417. The fourth-order valence-electron chi connectivity index (χ4n) is 1.11. The van der Waals surface area contributed by atoms with Gasteiger partial charge in [-0.05, 0) is 34.1 Å². The molecular weight excluding hydrogens is 289 g/mol. The molecule has 0 saturated heterocycles. The van der Waals surface area contributed by atoms with Gasteiger partial charge in [-0.1, -0.05) is 13.8 Å². The summed E-state index contributed by atoms with van der Waals surface area (Å²) in [6, 6.07) is 4.08. The van der Waals surface area contributed by atoms with Gasteiger partial charge in [0.25, 0.3) is 5.91 Å². The van der Waals surface area contributed by atoms with Crippen LogP contribution in [0.1, 0.15) is 24.2 Å². The summed E-state index contributed by atoms with van der Waals surface area (Å²) < 4.78 is 13.2. The van der Waals surface area contributed by atoms with Crippen LogP contribution >= 0.6 is 15.9 Å². The minimum Gasteiger partial charge on any atom is -0.396 e. The lowest BCUT2D eigenvalue weighted by atomic mass is 9.95. The quantitative estimate of drug-likeness (QED) is 0.897. The molecule has 1 rings (SSSR count). The molecule has 1 aromatic carbocycles. The Morgan fingerprint density at radius 2 is 2.18 bits per heavy atom. The van der Waals surface area contributed by atoms with E-state index in [1.807, 2.05) is 13.8 Å². The SMILES string of the molecule is CC(C)(CO)CNC(=O)c1ccc(F)c(Br)c1. The zero-order chi connectivity index (χ0) is 13.1. The first kappa shape index (κ1) is 14.1. The van der Waals surface area contributed by atoms with E-state index >= 15 is 0 Å². The van der Waals surface area contributed by atoms with E-state index in [4.69, 9.17) is 5.11 Å². The number of hydrogen-bond acceptors (Lipinski definition) is 2. The van der Waals surface area contributed by atoms with Crippen LogP contribution in [0.3, 0.4) is 0 Å². The minimum atomic E-state index is -0.405. The Morgan fingerprint density at radius 1 is 1.53 bits per heavy atom. The van der Waals surface area contributed by atoms with Crippen molar-refractivity contribution in [2.75, 3.05) is 13.2 Å². The molecule has 3 nitrogen and oxygen atoms in total. The number of benzene rings is 1. The number of aliphatic hydroxyl groups excluding tert-OH is 1. The molecule has 0 aliphatic heterocycles. The van der Waals surface area contributed by atoms with Gasteiger partial charge in [0.05, 0.1) is 4.47 Å². The first-order valence-electron chi connectivity index (χ1n) is 5.20. The van der Waals surface area contributed by atoms with Gasteiger partial charge in [0.15, 0.2) is 0 Å². The van der Waals surface area contributed by atoms with Gasteiger partial charge < -0.3 is 10.4 Å². The van der Waals surface area contributed by atoms with E-state index in [1.54, 1.807) is 0 Å². The maximum absolute atomic E-state index is 13.0. The molecule has 0 atom stereocenters. The highest BCUT2D eigenvalue weighted by atomic mass is 79.9. The average Bonchev–Trinajstić information content (AvgIpc) is 2.30. The number of halogens is 2. The van der Waals surface area contributed by atoms with Crippen LogP contribution in [0.5, 0.6) is 0 Å². The zero-order valence-electron chi connectivity index (χ0n) is 9.76. The first-order chi connectivity index (χ1) is 7.85. The van der Waals surface area contributed by atoms with E-state index in [-0.39, 0.29) is 22.4 Å². The van der Waals surface area contributed by atoms with Crippen LogP contribution in [-0.2, 0) is 0 Å². The monoisotopic (exact) mass is 303 g/mol. The van der Waals surface area contributed by atoms with Crippen LogP contribution in [0.2, 0.25) is 0 Å². The van der Waals surface area contributed by atoms with Gasteiger partial charge in [0.1, 0.15) is 5.82 Å². The fourth-order valence-corrected chi connectivity index (χ4v) is 1.49. The van der Waals surface area contributed by atoms with Crippen LogP contribution in [0.4, 0.5) is 4.39 Å². The molecule has 0 spiro atoms. The Balaban J connectivity index is 2.68. The Morgan fingerprint density at radius 3 is 2.71 bits per heavy atom. The molecule has 5 heteroatoms. The van der Waals surface area contributed by atoms with Crippen LogP contribution in [0.25, 0.3) is 0 Å². The molecule has 0 saturated carbocycles. The van der Waals surface area contributed by atoms with Crippen molar-refractivity contribution < 1.29 is 14.3 Å². The van der Waals surface area contributed by atoms with E-state index < -0.39 is 5.82 Å². The third-order valence-electron chi connectivity index (χ3n) is 2.34. The molecule has 0 bridgehead atoms. The second-order valence-corrected chi connectivity index (χ2v) is 5.49. The Kier molecular flexibility index (Phi) is 4.65. The molecule has 1 aromatic rings. The number of aliphatic hydroxyl groups is 1. The smallest absolute Gasteiger partial charge is 0.251 e. The molecule has 0 heterocycles. The Hall–Kier alpha value is -0.940. The lowest BCUT2D eigenvalue weighted by Crippen LogP contribution is -2.36. The summed E-state index contributed by atoms with van der Waals surface area (Å²) in [6.07, 6.45) is 0.